The van der Waals surface area contributed by atoms with Crippen LogP contribution in [-0.2, 0) is 19.1 Å². The molecule has 272 valence electrons. The molecule has 0 saturated heterocycles. The Morgan fingerprint density at radius 2 is 0.739 bits per heavy atom. The molecule has 0 spiro atoms. The largest absolute Gasteiger partial charge is 0.409 e. The lowest BCUT2D eigenvalue weighted by molar-refractivity contribution is -0.269. The highest BCUT2D eigenvalue weighted by molar-refractivity contribution is 5.85. The molecule has 0 saturated carbocycles. The fourth-order valence-corrected chi connectivity index (χ4v) is 5.41. The standard InChI is InChI=1S/C40H75NO4.ClH/c1-6-8-10-12-14-16-18-20-22-24-26-28-30-32-34-36-38(42)44-40(3,41(4)5)45-39(43)37-35-33-31-29-27-25-23-21-19-17-15-13-11-9-7-2;/h20-23H,6-19,24-37H2,1-5H3;1H/b22-20-,23-21-;. The van der Waals surface area contributed by atoms with Crippen LogP contribution in [0.1, 0.15) is 201 Å². The number of hydrogen-bond donors (Lipinski definition) is 0. The van der Waals surface area contributed by atoms with E-state index in [1.807, 2.05) is 0 Å². The highest BCUT2D eigenvalue weighted by Gasteiger charge is 2.35. The lowest BCUT2D eigenvalue weighted by atomic mass is 10.1. The second-order valence-electron chi connectivity index (χ2n) is 13.4. The van der Waals surface area contributed by atoms with Gasteiger partial charge in [0.25, 0.3) is 0 Å². The first kappa shape index (κ1) is 46.8. The van der Waals surface area contributed by atoms with Gasteiger partial charge in [-0.2, -0.15) is 0 Å². The summed E-state index contributed by atoms with van der Waals surface area (Å²) in [6, 6.07) is 0. The molecular weight excluding hydrogens is 594 g/mol. The molecule has 0 heterocycles. The van der Waals surface area contributed by atoms with Crippen molar-refractivity contribution in [3.63, 3.8) is 0 Å². The van der Waals surface area contributed by atoms with Gasteiger partial charge in [0.05, 0.1) is 0 Å². The Morgan fingerprint density at radius 1 is 0.478 bits per heavy atom. The fourth-order valence-electron chi connectivity index (χ4n) is 5.41. The van der Waals surface area contributed by atoms with Crippen LogP contribution >= 0.6 is 12.4 Å². The second kappa shape index (κ2) is 35.0. The maximum absolute atomic E-state index is 12.5. The SMILES string of the molecule is CCCCCCCC/C=C\CCCCCCCC(=O)OC(C)(OC(=O)CCCCCCC/C=C\CCCCCCCC)N(C)C.Cl. The molecule has 0 N–H and O–H groups in total. The quantitative estimate of drug-likeness (QED) is 0.0301. The van der Waals surface area contributed by atoms with Crippen LogP contribution in [0.3, 0.4) is 0 Å². The molecule has 0 aromatic heterocycles. The number of ether oxygens (including phenoxy) is 2. The van der Waals surface area contributed by atoms with E-state index < -0.39 is 5.91 Å². The number of unbranched alkanes of at least 4 members (excludes halogenated alkanes) is 22. The molecule has 6 heteroatoms. The lowest BCUT2D eigenvalue weighted by Gasteiger charge is -2.34. The number of rotatable bonds is 33. The van der Waals surface area contributed by atoms with Gasteiger partial charge in [0.1, 0.15) is 0 Å². The summed E-state index contributed by atoms with van der Waals surface area (Å²) in [5.41, 5.74) is 0. The molecule has 46 heavy (non-hydrogen) atoms. The van der Waals surface area contributed by atoms with Crippen LogP contribution in [0.5, 0.6) is 0 Å². The summed E-state index contributed by atoms with van der Waals surface area (Å²) in [4.78, 5) is 26.7. The molecule has 0 amide bonds. The number of carbonyl (C=O) groups excluding carboxylic acids is 2. The van der Waals surface area contributed by atoms with E-state index in [0.29, 0.717) is 12.8 Å². The van der Waals surface area contributed by atoms with Crippen LogP contribution in [0.4, 0.5) is 0 Å². The summed E-state index contributed by atoms with van der Waals surface area (Å²) < 4.78 is 11.3. The van der Waals surface area contributed by atoms with Gasteiger partial charge in [0.2, 0.25) is 0 Å². The first-order chi connectivity index (χ1) is 21.9. The molecule has 0 atom stereocenters. The fraction of sp³-hybridized carbons (Fsp3) is 0.850. The molecule has 0 rings (SSSR count). The number of carbonyl (C=O) groups is 2. The smallest absolute Gasteiger partial charge is 0.317 e. The molecule has 0 aliphatic carbocycles. The van der Waals surface area contributed by atoms with Crippen LogP contribution < -0.4 is 0 Å². The maximum Gasteiger partial charge on any atom is 0.317 e. The third-order valence-corrected chi connectivity index (χ3v) is 8.70. The van der Waals surface area contributed by atoms with Crippen LogP contribution in [-0.4, -0.2) is 36.8 Å². The van der Waals surface area contributed by atoms with Gasteiger partial charge in [-0.25, -0.2) is 4.90 Å². The predicted molar refractivity (Wildman–Crippen MR) is 200 cm³/mol. The van der Waals surface area contributed by atoms with E-state index in [0.717, 1.165) is 51.4 Å². The van der Waals surface area contributed by atoms with Gasteiger partial charge in [-0.3, -0.25) is 9.59 Å². The number of nitrogens with zero attached hydrogens (tertiary/aromatic N) is 1. The summed E-state index contributed by atoms with van der Waals surface area (Å²) in [5.74, 6) is -1.98. The number of hydrogen-bond acceptors (Lipinski definition) is 5. The van der Waals surface area contributed by atoms with Crippen molar-refractivity contribution < 1.29 is 19.1 Å². The van der Waals surface area contributed by atoms with Gasteiger partial charge < -0.3 is 9.47 Å². The van der Waals surface area contributed by atoms with Crippen molar-refractivity contribution in [3.8, 4) is 0 Å². The van der Waals surface area contributed by atoms with Crippen LogP contribution in [0, 0.1) is 0 Å². The van der Waals surface area contributed by atoms with E-state index in [4.69, 9.17) is 9.47 Å². The van der Waals surface area contributed by atoms with Gasteiger partial charge >= 0.3 is 17.8 Å². The Hall–Kier alpha value is -1.33. The van der Waals surface area contributed by atoms with Crippen molar-refractivity contribution in [3.05, 3.63) is 24.3 Å². The third-order valence-electron chi connectivity index (χ3n) is 8.70. The van der Waals surface area contributed by atoms with E-state index in [1.54, 1.807) is 25.9 Å². The number of allylic oxidation sites excluding steroid dienone is 4. The molecule has 0 fully saturated rings. The topological polar surface area (TPSA) is 55.8 Å². The molecule has 5 nitrogen and oxygen atoms in total. The first-order valence-corrected chi connectivity index (χ1v) is 19.3. The average Bonchev–Trinajstić information content (AvgIpc) is 3.00. The Morgan fingerprint density at radius 3 is 1.02 bits per heavy atom. The Balaban J connectivity index is 0. The highest BCUT2D eigenvalue weighted by atomic mass is 35.5. The van der Waals surface area contributed by atoms with E-state index in [1.165, 1.54) is 116 Å². The third kappa shape index (κ3) is 31.3. The first-order valence-electron chi connectivity index (χ1n) is 19.3. The van der Waals surface area contributed by atoms with Crippen LogP contribution in [0.15, 0.2) is 24.3 Å². The summed E-state index contributed by atoms with van der Waals surface area (Å²) >= 11 is 0. The minimum atomic E-state index is -1.36. The molecule has 0 radical (unpaired) electrons. The Labute approximate surface area is 292 Å². The lowest BCUT2D eigenvalue weighted by Crippen LogP contribution is -2.49. The monoisotopic (exact) mass is 670 g/mol. The zero-order chi connectivity index (χ0) is 33.3. The van der Waals surface area contributed by atoms with Crippen molar-refractivity contribution in [1.82, 2.24) is 4.90 Å². The summed E-state index contributed by atoms with van der Waals surface area (Å²) in [7, 11) is 3.54. The number of halogens is 1. The minimum Gasteiger partial charge on any atom is -0.409 e. The average molecular weight is 671 g/mol. The van der Waals surface area contributed by atoms with Crippen molar-refractivity contribution >= 4 is 24.3 Å². The molecule has 0 aliphatic heterocycles. The zero-order valence-corrected chi connectivity index (χ0v) is 31.9. The second-order valence-corrected chi connectivity index (χ2v) is 13.4. The Bertz CT molecular complexity index is 683. The van der Waals surface area contributed by atoms with E-state index in [-0.39, 0.29) is 24.3 Å². The van der Waals surface area contributed by atoms with Crippen molar-refractivity contribution in [2.45, 2.75) is 206 Å². The molecule has 0 aromatic carbocycles. The van der Waals surface area contributed by atoms with Crippen molar-refractivity contribution in [1.29, 1.82) is 0 Å². The zero-order valence-electron chi connectivity index (χ0n) is 31.1. The maximum atomic E-state index is 12.5. The van der Waals surface area contributed by atoms with E-state index in [9.17, 15) is 9.59 Å². The van der Waals surface area contributed by atoms with E-state index >= 15 is 0 Å². The van der Waals surface area contributed by atoms with Gasteiger partial charge in [0.15, 0.2) is 0 Å². The molecule has 0 aliphatic rings. The Kier molecular flexibility index (Phi) is 35.6. The van der Waals surface area contributed by atoms with Crippen molar-refractivity contribution in [2.75, 3.05) is 14.1 Å². The van der Waals surface area contributed by atoms with E-state index in [2.05, 4.69) is 38.2 Å². The van der Waals surface area contributed by atoms with Crippen molar-refractivity contribution in [2.24, 2.45) is 0 Å². The molecule has 0 unspecified atom stereocenters. The number of esters is 2. The normalized spacial score (nSPS) is 11.9. The molecule has 0 aromatic rings. The molecular formula is C40H76ClNO4. The van der Waals surface area contributed by atoms with Gasteiger partial charge in [0, 0.05) is 19.8 Å². The van der Waals surface area contributed by atoms with Gasteiger partial charge in [-0.05, 0) is 78.3 Å². The highest BCUT2D eigenvalue weighted by Crippen LogP contribution is 2.20. The predicted octanol–water partition coefficient (Wildman–Crippen LogP) is 12.8. The summed E-state index contributed by atoms with van der Waals surface area (Å²) in [5, 5.41) is 0. The van der Waals surface area contributed by atoms with Crippen LogP contribution in [0.25, 0.3) is 0 Å². The minimum absolute atomic E-state index is 0. The van der Waals surface area contributed by atoms with Gasteiger partial charge in [-0.15, -0.1) is 12.4 Å². The molecule has 0 bridgehead atoms. The summed E-state index contributed by atoms with van der Waals surface area (Å²) in [6.07, 6.45) is 41.8. The summed E-state index contributed by atoms with van der Waals surface area (Å²) in [6.45, 7) is 6.18. The van der Waals surface area contributed by atoms with Gasteiger partial charge in [-0.1, -0.05) is 141 Å². The van der Waals surface area contributed by atoms with Crippen LogP contribution in [0.2, 0.25) is 0 Å².